The summed E-state index contributed by atoms with van der Waals surface area (Å²) in [5.74, 6) is -1.12. The number of amides is 1. The van der Waals surface area contributed by atoms with Crippen LogP contribution >= 0.6 is 11.6 Å². The van der Waals surface area contributed by atoms with Crippen molar-refractivity contribution in [1.82, 2.24) is 0 Å². The van der Waals surface area contributed by atoms with E-state index in [1.807, 2.05) is 30.3 Å². The van der Waals surface area contributed by atoms with E-state index in [2.05, 4.69) is 5.32 Å². The number of anilines is 1. The van der Waals surface area contributed by atoms with Crippen LogP contribution < -0.4 is 5.32 Å². The van der Waals surface area contributed by atoms with E-state index in [1.54, 1.807) is 6.92 Å². The molecule has 0 heterocycles. The number of aromatic carboxylic acids is 1. The Labute approximate surface area is 132 Å². The standard InChI is InChI=1S/C16H14ClNO4/c1-10-13(8-7-12(14(10)17)15(19)20)18-16(21)22-9-11-5-3-2-4-6-11/h2-8H,9H2,1H3,(H,18,21)(H,19,20). The maximum absolute atomic E-state index is 11.8. The first-order valence-electron chi connectivity index (χ1n) is 6.49. The molecule has 0 spiro atoms. The maximum Gasteiger partial charge on any atom is 0.411 e. The normalized spacial score (nSPS) is 10.1. The lowest BCUT2D eigenvalue weighted by atomic mass is 10.1. The van der Waals surface area contributed by atoms with Crippen molar-refractivity contribution in [2.24, 2.45) is 0 Å². The van der Waals surface area contributed by atoms with Gasteiger partial charge < -0.3 is 9.84 Å². The second-order valence-corrected chi connectivity index (χ2v) is 4.97. The molecule has 0 unspecified atom stereocenters. The Balaban J connectivity index is 2.03. The fourth-order valence-electron chi connectivity index (χ4n) is 1.85. The molecule has 0 saturated carbocycles. The third-order valence-corrected chi connectivity index (χ3v) is 3.55. The molecule has 0 aliphatic carbocycles. The van der Waals surface area contributed by atoms with Crippen molar-refractivity contribution in [2.75, 3.05) is 5.32 Å². The number of carboxylic acid groups (broad SMARTS) is 1. The Morgan fingerprint density at radius 2 is 1.86 bits per heavy atom. The van der Waals surface area contributed by atoms with Crippen molar-refractivity contribution in [1.29, 1.82) is 0 Å². The molecule has 22 heavy (non-hydrogen) atoms. The van der Waals surface area contributed by atoms with Crippen molar-refractivity contribution >= 4 is 29.4 Å². The van der Waals surface area contributed by atoms with Gasteiger partial charge in [-0.3, -0.25) is 5.32 Å². The number of rotatable bonds is 4. The molecule has 0 aliphatic heterocycles. The predicted octanol–water partition coefficient (Wildman–Crippen LogP) is 4.10. The largest absolute Gasteiger partial charge is 0.478 e. The zero-order chi connectivity index (χ0) is 16.1. The lowest BCUT2D eigenvalue weighted by molar-refractivity contribution is 0.0697. The summed E-state index contributed by atoms with van der Waals surface area (Å²) < 4.78 is 5.10. The fraction of sp³-hybridized carbons (Fsp3) is 0.125. The number of benzene rings is 2. The third-order valence-electron chi connectivity index (χ3n) is 3.07. The first-order chi connectivity index (χ1) is 10.5. The van der Waals surface area contributed by atoms with Gasteiger partial charge in [0.25, 0.3) is 0 Å². The minimum atomic E-state index is -1.12. The topological polar surface area (TPSA) is 75.6 Å². The van der Waals surface area contributed by atoms with Crippen molar-refractivity contribution in [3.8, 4) is 0 Å². The Hall–Kier alpha value is -2.53. The molecule has 0 fully saturated rings. The molecule has 114 valence electrons. The molecule has 2 N–H and O–H groups in total. The van der Waals surface area contributed by atoms with E-state index in [1.165, 1.54) is 12.1 Å². The summed E-state index contributed by atoms with van der Waals surface area (Å²) >= 11 is 5.98. The minimum absolute atomic E-state index is 0.0117. The molecule has 2 aromatic rings. The lowest BCUT2D eigenvalue weighted by Crippen LogP contribution is -2.15. The van der Waals surface area contributed by atoms with Gasteiger partial charge in [0.05, 0.1) is 10.6 Å². The van der Waals surface area contributed by atoms with Crippen LogP contribution in [0, 0.1) is 6.92 Å². The summed E-state index contributed by atoms with van der Waals surface area (Å²) in [4.78, 5) is 22.7. The summed E-state index contributed by atoms with van der Waals surface area (Å²) in [6.07, 6.45) is -0.633. The SMILES string of the molecule is Cc1c(NC(=O)OCc2ccccc2)ccc(C(=O)O)c1Cl. The van der Waals surface area contributed by atoms with Gasteiger partial charge in [0.15, 0.2) is 0 Å². The van der Waals surface area contributed by atoms with E-state index in [-0.39, 0.29) is 17.2 Å². The highest BCUT2D eigenvalue weighted by Gasteiger charge is 2.15. The number of halogens is 1. The van der Waals surface area contributed by atoms with Gasteiger partial charge in [0.1, 0.15) is 6.61 Å². The zero-order valence-corrected chi connectivity index (χ0v) is 12.6. The summed E-state index contributed by atoms with van der Waals surface area (Å²) in [7, 11) is 0. The number of ether oxygens (including phenoxy) is 1. The average Bonchev–Trinajstić information content (AvgIpc) is 2.50. The summed E-state index contributed by atoms with van der Waals surface area (Å²) in [6.45, 7) is 1.77. The third kappa shape index (κ3) is 3.77. The van der Waals surface area contributed by atoms with Crippen molar-refractivity contribution in [2.45, 2.75) is 13.5 Å². The smallest absolute Gasteiger partial charge is 0.411 e. The van der Waals surface area contributed by atoms with E-state index < -0.39 is 12.1 Å². The first-order valence-corrected chi connectivity index (χ1v) is 6.87. The molecular weight excluding hydrogens is 306 g/mol. The van der Waals surface area contributed by atoms with Crippen LogP contribution in [-0.2, 0) is 11.3 Å². The Kier molecular flexibility index (Phi) is 5.01. The number of carbonyl (C=O) groups is 2. The molecular formula is C16H14ClNO4. The van der Waals surface area contributed by atoms with Crippen molar-refractivity contribution in [3.63, 3.8) is 0 Å². The van der Waals surface area contributed by atoms with Crippen LogP contribution in [0.15, 0.2) is 42.5 Å². The van der Waals surface area contributed by atoms with E-state index in [4.69, 9.17) is 21.4 Å². The van der Waals surface area contributed by atoms with Crippen LogP contribution in [0.1, 0.15) is 21.5 Å². The van der Waals surface area contributed by atoms with Gasteiger partial charge in [-0.15, -0.1) is 0 Å². The molecule has 0 bridgehead atoms. The quantitative estimate of drug-likeness (QED) is 0.889. The van der Waals surface area contributed by atoms with E-state index in [0.29, 0.717) is 11.3 Å². The molecule has 0 aromatic heterocycles. The molecule has 6 heteroatoms. The van der Waals surface area contributed by atoms with Gasteiger partial charge in [-0.1, -0.05) is 41.9 Å². The van der Waals surface area contributed by atoms with Crippen LogP contribution in [0.3, 0.4) is 0 Å². The summed E-state index contributed by atoms with van der Waals surface area (Å²) in [5, 5.41) is 11.6. The van der Waals surface area contributed by atoms with Gasteiger partial charge in [-0.25, -0.2) is 9.59 Å². The number of carboxylic acids is 1. The molecule has 0 radical (unpaired) electrons. The van der Waals surface area contributed by atoms with Crippen LogP contribution in [0.5, 0.6) is 0 Å². The Morgan fingerprint density at radius 3 is 2.50 bits per heavy atom. The highest BCUT2D eigenvalue weighted by molar-refractivity contribution is 6.34. The van der Waals surface area contributed by atoms with Crippen molar-refractivity contribution in [3.05, 3.63) is 64.2 Å². The predicted molar refractivity (Wildman–Crippen MR) is 83.4 cm³/mol. The molecule has 0 saturated heterocycles. The Morgan fingerprint density at radius 1 is 1.18 bits per heavy atom. The molecule has 2 aromatic carbocycles. The molecule has 2 rings (SSSR count). The van der Waals surface area contributed by atoms with E-state index >= 15 is 0 Å². The molecule has 0 atom stereocenters. The monoisotopic (exact) mass is 319 g/mol. The van der Waals surface area contributed by atoms with Crippen LogP contribution in [0.25, 0.3) is 0 Å². The van der Waals surface area contributed by atoms with Gasteiger partial charge >= 0.3 is 12.1 Å². The second kappa shape index (κ2) is 6.95. The highest BCUT2D eigenvalue weighted by atomic mass is 35.5. The fourth-order valence-corrected chi connectivity index (χ4v) is 2.10. The van der Waals surface area contributed by atoms with Gasteiger partial charge in [0, 0.05) is 5.69 Å². The number of nitrogens with one attached hydrogen (secondary N) is 1. The zero-order valence-electron chi connectivity index (χ0n) is 11.8. The van der Waals surface area contributed by atoms with E-state index in [9.17, 15) is 9.59 Å². The summed E-state index contributed by atoms with van der Waals surface area (Å²) in [5.41, 5.74) is 1.74. The number of hydrogen-bond acceptors (Lipinski definition) is 3. The second-order valence-electron chi connectivity index (χ2n) is 4.59. The minimum Gasteiger partial charge on any atom is -0.478 e. The van der Waals surface area contributed by atoms with E-state index in [0.717, 1.165) is 5.56 Å². The van der Waals surface area contributed by atoms with Crippen LogP contribution in [0.4, 0.5) is 10.5 Å². The molecule has 1 amide bonds. The van der Waals surface area contributed by atoms with Gasteiger partial charge in [0.2, 0.25) is 0 Å². The van der Waals surface area contributed by atoms with Crippen molar-refractivity contribution < 1.29 is 19.4 Å². The molecule has 5 nitrogen and oxygen atoms in total. The molecule has 0 aliphatic rings. The van der Waals surface area contributed by atoms with Crippen LogP contribution in [-0.4, -0.2) is 17.2 Å². The first kappa shape index (κ1) is 15.9. The Bertz CT molecular complexity index is 701. The lowest BCUT2D eigenvalue weighted by Gasteiger charge is -2.11. The maximum atomic E-state index is 11.8. The van der Waals surface area contributed by atoms with Crippen LogP contribution in [0.2, 0.25) is 5.02 Å². The highest BCUT2D eigenvalue weighted by Crippen LogP contribution is 2.27. The average molecular weight is 320 g/mol. The van der Waals surface area contributed by atoms with Gasteiger partial charge in [-0.2, -0.15) is 0 Å². The number of carbonyl (C=O) groups excluding carboxylic acids is 1. The van der Waals surface area contributed by atoms with Gasteiger partial charge in [-0.05, 0) is 30.2 Å². The number of hydrogen-bond donors (Lipinski definition) is 2. The summed E-state index contributed by atoms with van der Waals surface area (Å²) in [6, 6.07) is 12.1.